The number of pyridine rings is 1. The van der Waals surface area contributed by atoms with Crippen molar-refractivity contribution in [2.24, 2.45) is 0 Å². The van der Waals surface area contributed by atoms with E-state index in [0.29, 0.717) is 30.7 Å². The van der Waals surface area contributed by atoms with Crippen molar-refractivity contribution in [1.29, 1.82) is 0 Å². The Balaban J connectivity index is 1.43. The zero-order valence-corrected chi connectivity index (χ0v) is 22.1. The number of benzene rings is 2. The molecular formula is C28H34N4O4S. The van der Waals surface area contributed by atoms with E-state index in [9.17, 15) is 13.2 Å². The van der Waals surface area contributed by atoms with Crippen molar-refractivity contribution in [3.05, 3.63) is 95.8 Å². The fourth-order valence-electron chi connectivity index (χ4n) is 4.96. The van der Waals surface area contributed by atoms with Crippen LogP contribution in [0.2, 0.25) is 0 Å². The van der Waals surface area contributed by atoms with Crippen LogP contribution in [0.5, 0.6) is 5.75 Å². The molecule has 0 saturated heterocycles. The third-order valence-electron chi connectivity index (χ3n) is 7.12. The van der Waals surface area contributed by atoms with Crippen LogP contribution in [0.3, 0.4) is 0 Å². The molecule has 8 nitrogen and oxygen atoms in total. The van der Waals surface area contributed by atoms with Crippen LogP contribution in [0.4, 0.5) is 0 Å². The molecule has 0 radical (unpaired) electrons. The molecule has 0 bridgehead atoms. The Bertz CT molecular complexity index is 1280. The summed E-state index contributed by atoms with van der Waals surface area (Å²) in [5.41, 5.74) is 2.17. The highest BCUT2D eigenvalue weighted by molar-refractivity contribution is 7.87. The van der Waals surface area contributed by atoms with E-state index in [-0.39, 0.29) is 23.9 Å². The molecule has 3 aromatic rings. The number of methoxy groups -OCH3 is 1. The third kappa shape index (κ3) is 6.54. The molecule has 2 N–H and O–H groups in total. The van der Waals surface area contributed by atoms with Crippen molar-refractivity contribution in [2.45, 2.75) is 43.7 Å². The maximum atomic E-state index is 13.0. The van der Waals surface area contributed by atoms with Gasteiger partial charge in [0.1, 0.15) is 5.75 Å². The van der Waals surface area contributed by atoms with E-state index in [2.05, 4.69) is 27.2 Å². The maximum Gasteiger partial charge on any atom is 0.279 e. The van der Waals surface area contributed by atoms with Crippen LogP contribution in [0.15, 0.2) is 79.1 Å². The molecule has 0 atom stereocenters. The predicted octanol–water partition coefficient (Wildman–Crippen LogP) is 3.67. The van der Waals surface area contributed by atoms with Gasteiger partial charge in [0.15, 0.2) is 0 Å². The van der Waals surface area contributed by atoms with Gasteiger partial charge in [0.2, 0.25) is 0 Å². The van der Waals surface area contributed by atoms with Crippen LogP contribution in [-0.4, -0.2) is 50.4 Å². The number of carbonyl (C=O) groups excluding carboxylic acids is 1. The molecule has 0 aliphatic heterocycles. The number of hydrogen-bond donors (Lipinski definition) is 2. The minimum atomic E-state index is -3.66. The van der Waals surface area contributed by atoms with Gasteiger partial charge in [-0.25, -0.2) is 0 Å². The van der Waals surface area contributed by atoms with Gasteiger partial charge in [0.05, 0.1) is 12.7 Å². The molecule has 1 heterocycles. The fourth-order valence-corrected chi connectivity index (χ4v) is 6.11. The van der Waals surface area contributed by atoms with Gasteiger partial charge in [-0.15, -0.1) is 0 Å². The van der Waals surface area contributed by atoms with E-state index < -0.39 is 10.2 Å². The summed E-state index contributed by atoms with van der Waals surface area (Å²) in [7, 11) is -0.539. The zero-order valence-electron chi connectivity index (χ0n) is 21.3. The van der Waals surface area contributed by atoms with Crippen LogP contribution < -0.4 is 14.8 Å². The van der Waals surface area contributed by atoms with Crippen molar-refractivity contribution in [1.82, 2.24) is 19.3 Å². The van der Waals surface area contributed by atoms with Gasteiger partial charge in [-0.05, 0) is 55.0 Å². The number of para-hydroxylation sites is 1. The Morgan fingerprint density at radius 2 is 1.76 bits per heavy atom. The molecule has 1 saturated carbocycles. The normalized spacial score (nSPS) is 19.9. The summed E-state index contributed by atoms with van der Waals surface area (Å²) in [4.78, 5) is 17.1. The second-order valence-corrected chi connectivity index (χ2v) is 11.4. The molecule has 0 spiro atoms. The molecule has 1 aliphatic rings. The molecule has 1 amide bonds. The van der Waals surface area contributed by atoms with E-state index in [1.165, 1.54) is 4.31 Å². The molecule has 196 valence electrons. The molecule has 9 heteroatoms. The minimum absolute atomic E-state index is 0.178. The number of nitrogens with zero attached hydrogens (tertiary/aromatic N) is 2. The predicted molar refractivity (Wildman–Crippen MR) is 143 cm³/mol. The quantitative estimate of drug-likeness (QED) is 0.423. The van der Waals surface area contributed by atoms with Gasteiger partial charge >= 0.3 is 0 Å². The standard InChI is InChI=1S/C28H34N4O4S/c1-32(20-22-9-8-18-29-19-22)37(34,35)31-24-14-16-28(17-15-24,23-10-4-3-5-11-23)21-30-27(33)25-12-6-7-13-26(25)36-2/h3-13,18-19,24,31H,14-17,20-21H2,1-2H3,(H,30,33)/t24-,28-. The maximum absolute atomic E-state index is 13.0. The van der Waals surface area contributed by atoms with Crippen LogP contribution in [0.25, 0.3) is 0 Å². The van der Waals surface area contributed by atoms with E-state index in [4.69, 9.17) is 4.74 Å². The summed E-state index contributed by atoms with van der Waals surface area (Å²) in [5.74, 6) is 0.342. The van der Waals surface area contributed by atoms with Crippen LogP contribution >= 0.6 is 0 Å². The van der Waals surface area contributed by atoms with E-state index in [1.807, 2.05) is 36.4 Å². The van der Waals surface area contributed by atoms with Gasteiger partial charge in [0, 0.05) is 44.0 Å². The largest absolute Gasteiger partial charge is 0.496 e. The van der Waals surface area contributed by atoms with Gasteiger partial charge in [-0.3, -0.25) is 9.78 Å². The number of nitrogens with one attached hydrogen (secondary N) is 2. The second kappa shape index (κ2) is 11.9. The summed E-state index contributed by atoms with van der Waals surface area (Å²) in [5, 5.41) is 3.12. The average Bonchev–Trinajstić information content (AvgIpc) is 2.93. The minimum Gasteiger partial charge on any atom is -0.496 e. The highest BCUT2D eigenvalue weighted by atomic mass is 32.2. The lowest BCUT2D eigenvalue weighted by Crippen LogP contribution is -2.49. The summed E-state index contributed by atoms with van der Waals surface area (Å²) in [6.07, 6.45) is 6.14. The van der Waals surface area contributed by atoms with Crippen molar-refractivity contribution in [2.75, 3.05) is 20.7 Å². The first kappa shape index (κ1) is 26.8. The molecule has 4 rings (SSSR count). The Morgan fingerprint density at radius 3 is 2.43 bits per heavy atom. The van der Waals surface area contributed by atoms with Crippen molar-refractivity contribution in [3.8, 4) is 5.75 Å². The fraction of sp³-hybridized carbons (Fsp3) is 0.357. The van der Waals surface area contributed by atoms with Crippen LogP contribution in [-0.2, 0) is 22.2 Å². The highest BCUT2D eigenvalue weighted by Gasteiger charge is 2.38. The average molecular weight is 523 g/mol. The number of aromatic nitrogens is 1. The van der Waals surface area contributed by atoms with E-state index in [1.54, 1.807) is 44.8 Å². The van der Waals surface area contributed by atoms with Gasteiger partial charge in [-0.2, -0.15) is 17.4 Å². The molecule has 2 aromatic carbocycles. The summed E-state index contributed by atoms with van der Waals surface area (Å²) in [6.45, 7) is 0.701. The zero-order chi connectivity index (χ0) is 26.3. The van der Waals surface area contributed by atoms with Gasteiger partial charge < -0.3 is 10.1 Å². The SMILES string of the molecule is COc1ccccc1C(=O)NC[C@]1(c2ccccc2)CC[C@H](NS(=O)(=O)N(C)Cc2cccnc2)CC1. The summed E-state index contributed by atoms with van der Waals surface area (Å²) < 4.78 is 35.5. The molecule has 1 fully saturated rings. The first-order chi connectivity index (χ1) is 17.8. The Hall–Kier alpha value is -3.27. The number of amides is 1. The molecule has 0 unspecified atom stereocenters. The second-order valence-electron chi connectivity index (χ2n) is 9.54. The summed E-state index contributed by atoms with van der Waals surface area (Å²) >= 11 is 0. The number of rotatable bonds is 10. The lowest BCUT2D eigenvalue weighted by molar-refractivity contribution is 0.0932. The van der Waals surface area contributed by atoms with Gasteiger partial charge in [0.25, 0.3) is 16.1 Å². The number of carbonyl (C=O) groups is 1. The topological polar surface area (TPSA) is 101 Å². The Kier molecular flexibility index (Phi) is 8.58. The first-order valence-electron chi connectivity index (χ1n) is 12.4. The van der Waals surface area contributed by atoms with Gasteiger partial charge in [-0.1, -0.05) is 48.5 Å². The Morgan fingerprint density at radius 1 is 1.05 bits per heavy atom. The lowest BCUT2D eigenvalue weighted by Gasteiger charge is -2.41. The van der Waals surface area contributed by atoms with Crippen molar-refractivity contribution < 1.29 is 17.9 Å². The van der Waals surface area contributed by atoms with Crippen LogP contribution in [0, 0.1) is 0 Å². The van der Waals surface area contributed by atoms with Crippen molar-refractivity contribution in [3.63, 3.8) is 0 Å². The summed E-state index contributed by atoms with van der Waals surface area (Å²) in [6, 6.07) is 20.8. The highest BCUT2D eigenvalue weighted by Crippen LogP contribution is 2.39. The Labute approximate surface area is 219 Å². The first-order valence-corrected chi connectivity index (χ1v) is 13.9. The number of ether oxygens (including phenoxy) is 1. The van der Waals surface area contributed by atoms with E-state index >= 15 is 0 Å². The van der Waals surface area contributed by atoms with Crippen LogP contribution in [0.1, 0.15) is 47.2 Å². The number of hydrogen-bond acceptors (Lipinski definition) is 5. The molecule has 1 aromatic heterocycles. The van der Waals surface area contributed by atoms with E-state index in [0.717, 1.165) is 24.0 Å². The van der Waals surface area contributed by atoms with Crippen molar-refractivity contribution >= 4 is 16.1 Å². The lowest BCUT2D eigenvalue weighted by atomic mass is 9.68. The molecule has 1 aliphatic carbocycles. The molecular weight excluding hydrogens is 488 g/mol. The molecule has 37 heavy (non-hydrogen) atoms. The smallest absolute Gasteiger partial charge is 0.279 e. The third-order valence-corrected chi connectivity index (χ3v) is 8.70. The monoisotopic (exact) mass is 522 g/mol.